The van der Waals surface area contributed by atoms with E-state index < -0.39 is 17.2 Å². The lowest BCUT2D eigenvalue weighted by molar-refractivity contribution is -0.135. The van der Waals surface area contributed by atoms with Crippen molar-refractivity contribution in [1.82, 2.24) is 9.55 Å². The van der Waals surface area contributed by atoms with E-state index in [-0.39, 0.29) is 17.7 Å². The van der Waals surface area contributed by atoms with Crippen molar-refractivity contribution in [3.8, 4) is 11.4 Å². The van der Waals surface area contributed by atoms with Crippen LogP contribution < -0.4 is 5.73 Å². The Morgan fingerprint density at radius 2 is 1.48 bits per heavy atom. The molecule has 2 aliphatic carbocycles. The van der Waals surface area contributed by atoms with Crippen LogP contribution in [0, 0.1) is 23.5 Å². The topological polar surface area (TPSA) is 60.9 Å². The van der Waals surface area contributed by atoms with Gasteiger partial charge in [-0.25, -0.2) is 13.8 Å². The second kappa shape index (κ2) is 8.88. The first-order valence-corrected chi connectivity index (χ1v) is 12.3. The number of halogens is 2. The predicted octanol–water partition coefficient (Wildman–Crippen LogP) is 6.32. The van der Waals surface area contributed by atoms with Crippen LogP contribution in [0.15, 0.2) is 42.5 Å². The number of imidazole rings is 1. The zero-order valence-electron chi connectivity index (χ0n) is 18.9. The maximum Gasteiger partial charge on any atom is 0.244 e. The minimum absolute atomic E-state index is 0.0912. The minimum Gasteiger partial charge on any atom is -0.368 e. The van der Waals surface area contributed by atoms with Crippen molar-refractivity contribution < 1.29 is 13.6 Å². The summed E-state index contributed by atoms with van der Waals surface area (Å²) in [5, 5.41) is 0. The van der Waals surface area contributed by atoms with Gasteiger partial charge in [0, 0.05) is 5.56 Å². The fourth-order valence-corrected chi connectivity index (χ4v) is 6.53. The second-order valence-electron chi connectivity index (χ2n) is 9.75. The first kappa shape index (κ1) is 22.1. The molecule has 2 aliphatic rings. The number of carbonyl (C=O) groups excluding carboxylic acids is 1. The van der Waals surface area contributed by atoms with Gasteiger partial charge in [0.2, 0.25) is 5.91 Å². The highest BCUT2D eigenvalue weighted by Crippen LogP contribution is 2.50. The highest BCUT2D eigenvalue weighted by molar-refractivity contribution is 5.89. The lowest BCUT2D eigenvalue weighted by atomic mass is 9.63. The molecule has 2 saturated carbocycles. The number of benzene rings is 2. The third-order valence-corrected chi connectivity index (χ3v) is 7.96. The molecule has 2 N–H and O–H groups in total. The molecule has 2 aromatic carbocycles. The number of fused-ring (bicyclic) bond motifs is 1. The molecule has 0 spiro atoms. The summed E-state index contributed by atoms with van der Waals surface area (Å²) in [5.74, 6) is -1.48. The van der Waals surface area contributed by atoms with Gasteiger partial charge in [-0.15, -0.1) is 0 Å². The van der Waals surface area contributed by atoms with Crippen LogP contribution in [0.3, 0.4) is 0 Å². The lowest BCUT2D eigenvalue weighted by Crippen LogP contribution is -2.58. The van der Waals surface area contributed by atoms with Crippen LogP contribution in [-0.2, 0) is 10.3 Å². The van der Waals surface area contributed by atoms with Gasteiger partial charge in [0.1, 0.15) is 11.4 Å². The first-order valence-electron chi connectivity index (χ1n) is 12.3. The molecule has 0 unspecified atom stereocenters. The van der Waals surface area contributed by atoms with Crippen LogP contribution >= 0.6 is 0 Å². The summed E-state index contributed by atoms with van der Waals surface area (Å²) in [6.45, 7) is 0. The van der Waals surface area contributed by atoms with Crippen LogP contribution in [0.4, 0.5) is 8.78 Å². The van der Waals surface area contributed by atoms with Gasteiger partial charge in [-0.1, -0.05) is 50.7 Å². The Bertz CT molecular complexity index is 1140. The number of hydrogen-bond acceptors (Lipinski definition) is 2. The Hall–Kier alpha value is -2.76. The summed E-state index contributed by atoms with van der Waals surface area (Å²) < 4.78 is 30.1. The third-order valence-electron chi connectivity index (χ3n) is 7.96. The van der Waals surface area contributed by atoms with Crippen LogP contribution in [0.5, 0.6) is 0 Å². The van der Waals surface area contributed by atoms with E-state index >= 15 is 0 Å². The number of para-hydroxylation sites is 2. The van der Waals surface area contributed by atoms with Crippen LogP contribution in [0.2, 0.25) is 0 Å². The van der Waals surface area contributed by atoms with E-state index in [0.717, 1.165) is 81.3 Å². The average Bonchev–Trinajstić information content (AvgIpc) is 3.22. The normalized spacial score (nSPS) is 18.6. The zero-order valence-corrected chi connectivity index (χ0v) is 18.9. The SMILES string of the molecule is NC(=O)C(C1CCCCC1)(C1CCCCC1)n1c(-c2ccc(F)c(F)c2)nc2ccccc21. The van der Waals surface area contributed by atoms with Gasteiger partial charge in [0.05, 0.1) is 11.0 Å². The van der Waals surface area contributed by atoms with Crippen molar-refractivity contribution in [3.63, 3.8) is 0 Å². The van der Waals surface area contributed by atoms with Crippen molar-refractivity contribution in [2.75, 3.05) is 0 Å². The summed E-state index contributed by atoms with van der Waals surface area (Å²) in [6, 6.07) is 11.6. The van der Waals surface area contributed by atoms with E-state index in [1.807, 2.05) is 28.8 Å². The monoisotopic (exact) mass is 451 g/mol. The zero-order chi connectivity index (χ0) is 23.0. The molecule has 3 aromatic rings. The fourth-order valence-electron chi connectivity index (χ4n) is 6.53. The molecule has 5 rings (SSSR count). The van der Waals surface area contributed by atoms with Gasteiger partial charge in [-0.05, 0) is 67.9 Å². The number of hydrogen-bond donors (Lipinski definition) is 1. The molecule has 1 heterocycles. The molecule has 6 heteroatoms. The molecule has 1 amide bonds. The highest BCUT2D eigenvalue weighted by Gasteiger charge is 2.53. The van der Waals surface area contributed by atoms with E-state index in [2.05, 4.69) is 0 Å². The quantitative estimate of drug-likeness (QED) is 0.493. The van der Waals surface area contributed by atoms with Crippen molar-refractivity contribution in [2.24, 2.45) is 17.6 Å². The molecular formula is C27H31F2N3O. The van der Waals surface area contributed by atoms with Crippen molar-refractivity contribution in [3.05, 3.63) is 54.1 Å². The van der Waals surface area contributed by atoms with E-state index in [1.54, 1.807) is 6.07 Å². The molecule has 1 aromatic heterocycles. The summed E-state index contributed by atoms with van der Waals surface area (Å²) in [5.41, 5.74) is 7.47. The summed E-state index contributed by atoms with van der Waals surface area (Å²) in [6.07, 6.45) is 10.3. The molecule has 0 bridgehead atoms. The van der Waals surface area contributed by atoms with Crippen LogP contribution in [0.1, 0.15) is 64.2 Å². The molecule has 174 valence electrons. The fraction of sp³-hybridized carbons (Fsp3) is 0.481. The number of rotatable bonds is 5. The Kier molecular flexibility index (Phi) is 5.94. The van der Waals surface area contributed by atoms with Crippen LogP contribution in [-0.4, -0.2) is 15.5 Å². The number of primary amides is 1. The van der Waals surface area contributed by atoms with Crippen molar-refractivity contribution >= 4 is 16.9 Å². The number of amides is 1. The molecule has 4 nitrogen and oxygen atoms in total. The maximum atomic E-state index is 14.3. The van der Waals surface area contributed by atoms with Crippen LogP contribution in [0.25, 0.3) is 22.4 Å². The van der Waals surface area contributed by atoms with E-state index in [0.29, 0.717) is 11.4 Å². The van der Waals surface area contributed by atoms with Crippen molar-refractivity contribution in [2.45, 2.75) is 69.7 Å². The van der Waals surface area contributed by atoms with Gasteiger partial charge in [0.25, 0.3) is 0 Å². The molecule has 0 radical (unpaired) electrons. The largest absolute Gasteiger partial charge is 0.368 e. The van der Waals surface area contributed by atoms with Gasteiger partial charge in [-0.3, -0.25) is 4.79 Å². The molecule has 0 atom stereocenters. The molecule has 0 saturated heterocycles. The van der Waals surface area contributed by atoms with Gasteiger partial charge >= 0.3 is 0 Å². The Morgan fingerprint density at radius 3 is 2.06 bits per heavy atom. The van der Waals surface area contributed by atoms with E-state index in [9.17, 15) is 13.6 Å². The standard InChI is InChI=1S/C27H31F2N3O/c28-21-16-15-18(17-22(21)29)25-31-23-13-7-8-14-24(23)32(25)27(26(30)33,19-9-3-1-4-10-19)20-11-5-2-6-12-20/h7-8,13-17,19-20H,1-6,9-12H2,(H2,30,33). The number of carbonyl (C=O) groups is 1. The van der Waals surface area contributed by atoms with E-state index in [4.69, 9.17) is 10.7 Å². The highest BCUT2D eigenvalue weighted by atomic mass is 19.2. The predicted molar refractivity (Wildman–Crippen MR) is 125 cm³/mol. The van der Waals surface area contributed by atoms with E-state index in [1.165, 1.54) is 6.07 Å². The smallest absolute Gasteiger partial charge is 0.244 e. The Balaban J connectivity index is 1.83. The summed E-state index contributed by atoms with van der Waals surface area (Å²) >= 11 is 0. The number of aromatic nitrogens is 2. The lowest BCUT2D eigenvalue weighted by Gasteiger charge is -2.48. The summed E-state index contributed by atoms with van der Waals surface area (Å²) in [7, 11) is 0. The Labute approximate surface area is 193 Å². The third kappa shape index (κ3) is 3.64. The van der Waals surface area contributed by atoms with Gasteiger partial charge in [-0.2, -0.15) is 0 Å². The molecular weight excluding hydrogens is 420 g/mol. The van der Waals surface area contributed by atoms with Gasteiger partial charge < -0.3 is 10.3 Å². The molecule has 33 heavy (non-hydrogen) atoms. The average molecular weight is 452 g/mol. The molecule has 2 fully saturated rings. The maximum absolute atomic E-state index is 14.3. The Morgan fingerprint density at radius 1 is 0.879 bits per heavy atom. The number of nitrogens with two attached hydrogens (primary N) is 1. The molecule has 0 aliphatic heterocycles. The first-order chi connectivity index (χ1) is 16.0. The minimum atomic E-state index is -0.947. The number of nitrogens with zero attached hydrogens (tertiary/aromatic N) is 2. The second-order valence-corrected chi connectivity index (χ2v) is 9.75. The summed E-state index contributed by atoms with van der Waals surface area (Å²) in [4.78, 5) is 18.6. The van der Waals surface area contributed by atoms with Gasteiger partial charge in [0.15, 0.2) is 11.6 Å². The van der Waals surface area contributed by atoms with Crippen molar-refractivity contribution in [1.29, 1.82) is 0 Å².